The van der Waals surface area contributed by atoms with Crippen molar-refractivity contribution in [1.82, 2.24) is 10.1 Å². The number of rotatable bonds is 4. The second kappa shape index (κ2) is 8.26. The summed E-state index contributed by atoms with van der Waals surface area (Å²) < 4.78 is 103. The van der Waals surface area contributed by atoms with E-state index >= 15 is 0 Å². The van der Waals surface area contributed by atoms with Gasteiger partial charge >= 0.3 is 17.6 Å². The lowest BCUT2D eigenvalue weighted by atomic mass is 10.1. The highest BCUT2D eigenvalue weighted by atomic mass is 32.2. The van der Waals surface area contributed by atoms with E-state index in [1.165, 1.54) is 7.11 Å². The fourth-order valence-corrected chi connectivity index (χ4v) is 3.71. The predicted octanol–water partition coefficient (Wildman–Crippen LogP) is 4.95. The standard InChI is InChI=1S/C18H11F6N3O4S/c1-30-12-6-8-13(9-7-12)32(29,18(22,23)24)27-15(28)11-4-2-10(3-5-11)14-25-16(31-26-14)17(19,20)21/h2-9H,1H3. The van der Waals surface area contributed by atoms with Crippen LogP contribution in [0, 0.1) is 0 Å². The van der Waals surface area contributed by atoms with Gasteiger partial charge in [-0.25, -0.2) is 4.21 Å². The van der Waals surface area contributed by atoms with E-state index in [0.717, 1.165) is 48.5 Å². The number of benzene rings is 2. The van der Waals surface area contributed by atoms with Crippen LogP contribution in [0.4, 0.5) is 26.3 Å². The van der Waals surface area contributed by atoms with E-state index in [4.69, 9.17) is 4.74 Å². The Morgan fingerprint density at radius 2 is 1.59 bits per heavy atom. The van der Waals surface area contributed by atoms with Crippen LogP contribution >= 0.6 is 0 Å². The number of ether oxygens (including phenoxy) is 1. The molecule has 0 aliphatic carbocycles. The largest absolute Gasteiger partial charge is 0.497 e. The first-order valence-electron chi connectivity index (χ1n) is 8.38. The number of alkyl halides is 6. The summed E-state index contributed by atoms with van der Waals surface area (Å²) in [7, 11) is -3.89. The number of aromatic nitrogens is 2. The number of hydrogen-bond donors (Lipinski definition) is 0. The van der Waals surface area contributed by atoms with Gasteiger partial charge in [0.05, 0.1) is 12.0 Å². The van der Waals surface area contributed by atoms with Crippen LogP contribution in [-0.4, -0.2) is 32.9 Å². The van der Waals surface area contributed by atoms with Gasteiger partial charge in [-0.15, -0.1) is 4.36 Å². The van der Waals surface area contributed by atoms with Crippen molar-refractivity contribution in [1.29, 1.82) is 0 Å². The molecule has 1 amide bonds. The van der Waals surface area contributed by atoms with Gasteiger partial charge in [-0.05, 0) is 36.4 Å². The van der Waals surface area contributed by atoms with Crippen LogP contribution in [0.1, 0.15) is 16.2 Å². The fourth-order valence-electron chi connectivity index (χ4n) is 2.39. The van der Waals surface area contributed by atoms with Crippen LogP contribution in [0.2, 0.25) is 0 Å². The highest BCUT2D eigenvalue weighted by Gasteiger charge is 2.45. The molecule has 1 aromatic heterocycles. The predicted molar refractivity (Wildman–Crippen MR) is 97.0 cm³/mol. The summed E-state index contributed by atoms with van der Waals surface area (Å²) in [6, 6.07) is 8.15. The monoisotopic (exact) mass is 479 g/mol. The maximum absolute atomic E-state index is 13.6. The smallest absolute Gasteiger partial charge is 0.484 e. The Morgan fingerprint density at radius 3 is 2.06 bits per heavy atom. The van der Waals surface area contributed by atoms with Gasteiger partial charge in [0.25, 0.3) is 5.91 Å². The average Bonchev–Trinajstić information content (AvgIpc) is 3.24. The highest BCUT2D eigenvalue weighted by Crippen LogP contribution is 2.34. The van der Waals surface area contributed by atoms with Crippen molar-refractivity contribution in [3.8, 4) is 17.1 Å². The molecule has 170 valence electrons. The summed E-state index contributed by atoms with van der Waals surface area (Å²) in [5.74, 6) is -3.29. The van der Waals surface area contributed by atoms with Gasteiger partial charge in [0.15, 0.2) is 9.73 Å². The van der Waals surface area contributed by atoms with Crippen molar-refractivity contribution in [2.75, 3.05) is 7.11 Å². The van der Waals surface area contributed by atoms with E-state index in [1.54, 1.807) is 0 Å². The van der Waals surface area contributed by atoms with Crippen LogP contribution in [-0.2, 0) is 15.9 Å². The molecule has 0 saturated carbocycles. The van der Waals surface area contributed by atoms with Crippen molar-refractivity contribution >= 4 is 15.6 Å². The summed E-state index contributed by atoms with van der Waals surface area (Å²) in [5, 5.41) is 3.15. The molecule has 14 heteroatoms. The summed E-state index contributed by atoms with van der Waals surface area (Å²) in [6.45, 7) is 0. The Balaban J connectivity index is 1.95. The Bertz CT molecular complexity index is 1240. The minimum absolute atomic E-state index is 0.00694. The van der Waals surface area contributed by atoms with Gasteiger partial charge in [0, 0.05) is 11.1 Å². The van der Waals surface area contributed by atoms with Crippen LogP contribution in [0.3, 0.4) is 0 Å². The first-order chi connectivity index (χ1) is 14.8. The van der Waals surface area contributed by atoms with Gasteiger partial charge in [-0.2, -0.15) is 31.3 Å². The molecule has 3 rings (SSSR count). The normalized spacial score (nSPS) is 14.0. The molecular formula is C18H11F6N3O4S. The number of halogens is 6. The second-order valence-electron chi connectivity index (χ2n) is 6.04. The summed E-state index contributed by atoms with van der Waals surface area (Å²) >= 11 is 0. The number of carbonyl (C=O) groups is 1. The number of hydrogen-bond acceptors (Lipinski definition) is 6. The minimum Gasteiger partial charge on any atom is -0.497 e. The molecule has 0 saturated heterocycles. The van der Waals surface area contributed by atoms with Crippen LogP contribution in [0.25, 0.3) is 11.4 Å². The van der Waals surface area contributed by atoms with Crippen LogP contribution in [0.5, 0.6) is 5.75 Å². The first-order valence-corrected chi connectivity index (χ1v) is 9.90. The summed E-state index contributed by atoms with van der Waals surface area (Å²) in [6.07, 6.45) is -4.86. The third-order valence-electron chi connectivity index (χ3n) is 3.96. The summed E-state index contributed by atoms with van der Waals surface area (Å²) in [5.41, 5.74) is -5.76. The van der Waals surface area contributed by atoms with Gasteiger partial charge in [-0.1, -0.05) is 17.3 Å². The van der Waals surface area contributed by atoms with E-state index in [2.05, 4.69) is 19.0 Å². The SMILES string of the molecule is COc1ccc(S(=O)(=NC(=O)c2ccc(-c3noc(C(F)(F)F)n3)cc2)C(F)(F)F)cc1. The Labute approximate surface area is 176 Å². The van der Waals surface area contributed by atoms with E-state index in [9.17, 15) is 35.3 Å². The topological polar surface area (TPSA) is 94.7 Å². The molecule has 0 radical (unpaired) electrons. The molecule has 0 aliphatic rings. The van der Waals surface area contributed by atoms with E-state index in [1.807, 2.05) is 0 Å². The summed E-state index contributed by atoms with van der Waals surface area (Å²) in [4.78, 5) is 14.7. The molecule has 1 atom stereocenters. The van der Waals surface area contributed by atoms with Gasteiger partial charge < -0.3 is 9.26 Å². The molecule has 2 aromatic carbocycles. The molecule has 0 spiro atoms. The lowest BCUT2D eigenvalue weighted by molar-refractivity contribution is -0.159. The molecule has 1 heterocycles. The maximum atomic E-state index is 13.6. The quantitative estimate of drug-likeness (QED) is 0.492. The first kappa shape index (κ1) is 23.2. The Kier molecular flexibility index (Phi) is 6.00. The molecule has 1 unspecified atom stereocenters. The fraction of sp³-hybridized carbons (Fsp3) is 0.167. The molecular weight excluding hydrogens is 468 g/mol. The maximum Gasteiger partial charge on any atom is 0.484 e. The molecule has 32 heavy (non-hydrogen) atoms. The van der Waals surface area contributed by atoms with Crippen molar-refractivity contribution in [3.05, 3.63) is 60.0 Å². The lowest BCUT2D eigenvalue weighted by Gasteiger charge is -2.14. The van der Waals surface area contributed by atoms with Crippen molar-refractivity contribution in [2.45, 2.75) is 16.6 Å². The molecule has 3 aromatic rings. The molecule has 0 bridgehead atoms. The van der Waals surface area contributed by atoms with Gasteiger partial charge in [-0.3, -0.25) is 4.79 Å². The second-order valence-corrected chi connectivity index (χ2v) is 8.21. The third kappa shape index (κ3) is 4.59. The number of amides is 1. The van der Waals surface area contributed by atoms with Crippen molar-refractivity contribution < 1.29 is 44.6 Å². The number of methoxy groups -OCH3 is 1. The van der Waals surface area contributed by atoms with Crippen molar-refractivity contribution in [3.63, 3.8) is 0 Å². The van der Waals surface area contributed by atoms with E-state index in [-0.39, 0.29) is 11.3 Å². The number of carbonyl (C=O) groups excluding carboxylic acids is 1. The van der Waals surface area contributed by atoms with E-state index in [0.29, 0.717) is 0 Å². The van der Waals surface area contributed by atoms with Crippen LogP contribution in [0.15, 0.2) is 62.3 Å². The van der Waals surface area contributed by atoms with Crippen molar-refractivity contribution in [2.24, 2.45) is 4.36 Å². The minimum atomic E-state index is -5.37. The average molecular weight is 479 g/mol. The van der Waals surface area contributed by atoms with Gasteiger partial charge in [0.2, 0.25) is 5.82 Å². The Morgan fingerprint density at radius 1 is 1.00 bits per heavy atom. The third-order valence-corrected chi connectivity index (χ3v) is 5.92. The van der Waals surface area contributed by atoms with Crippen LogP contribution < -0.4 is 4.74 Å². The highest BCUT2D eigenvalue weighted by molar-refractivity contribution is 7.94. The zero-order valence-corrected chi connectivity index (χ0v) is 16.6. The Hall–Kier alpha value is -3.42. The molecule has 0 fully saturated rings. The zero-order chi connectivity index (χ0) is 23.7. The lowest BCUT2D eigenvalue weighted by Crippen LogP contribution is -2.24. The molecule has 7 nitrogen and oxygen atoms in total. The van der Waals surface area contributed by atoms with Gasteiger partial charge in [0.1, 0.15) is 5.75 Å². The van der Waals surface area contributed by atoms with E-state index < -0.39 is 49.5 Å². The zero-order valence-electron chi connectivity index (χ0n) is 15.8. The molecule has 0 N–H and O–H groups in total. The molecule has 0 aliphatic heterocycles. The number of nitrogens with zero attached hydrogens (tertiary/aromatic N) is 3.